The first kappa shape index (κ1) is 17.3. The highest BCUT2D eigenvalue weighted by atomic mass is 14.9. The Morgan fingerprint density at radius 1 is 0.414 bits per heavy atom. The number of anilines is 2. The molecule has 138 valence electrons. The van der Waals surface area contributed by atoms with Crippen molar-refractivity contribution in [2.75, 3.05) is 5.32 Å². The van der Waals surface area contributed by atoms with Gasteiger partial charge in [-0.05, 0) is 34.0 Å². The number of rotatable bonds is 4. The first-order valence-corrected chi connectivity index (χ1v) is 9.89. The quantitative estimate of drug-likeness (QED) is 0.338. The molecule has 0 bridgehead atoms. The Hall–Kier alpha value is -3.84. The van der Waals surface area contributed by atoms with E-state index < -0.39 is 0 Å². The molecule has 5 aromatic carbocycles. The zero-order valence-corrected chi connectivity index (χ0v) is 16.0. The molecule has 0 aliphatic carbocycles. The highest BCUT2D eigenvalue weighted by Gasteiger charge is 2.14. The second-order valence-corrected chi connectivity index (χ2v) is 7.11. The molecule has 0 unspecified atom stereocenters. The van der Waals surface area contributed by atoms with E-state index in [1.165, 1.54) is 33.0 Å². The van der Waals surface area contributed by atoms with Gasteiger partial charge in [0.1, 0.15) is 0 Å². The maximum Gasteiger partial charge on any atom is 0.0543 e. The number of hydrogen-bond acceptors (Lipinski definition) is 1. The summed E-state index contributed by atoms with van der Waals surface area (Å²) in [6.07, 6.45) is 0. The average Bonchev–Trinajstić information content (AvgIpc) is 2.80. The van der Waals surface area contributed by atoms with Crippen molar-refractivity contribution in [1.82, 2.24) is 0 Å². The van der Waals surface area contributed by atoms with Crippen LogP contribution in [0.3, 0.4) is 0 Å². The minimum atomic E-state index is 1.08. The van der Waals surface area contributed by atoms with E-state index in [-0.39, 0.29) is 0 Å². The van der Waals surface area contributed by atoms with Crippen LogP contribution in [0.4, 0.5) is 11.4 Å². The zero-order valence-electron chi connectivity index (χ0n) is 16.0. The minimum Gasteiger partial charge on any atom is -0.355 e. The fraction of sp³-hybridized carbons (Fsp3) is 0. The summed E-state index contributed by atoms with van der Waals surface area (Å²) in [4.78, 5) is 0. The van der Waals surface area contributed by atoms with Crippen LogP contribution < -0.4 is 5.32 Å². The van der Waals surface area contributed by atoms with Gasteiger partial charge in [-0.25, -0.2) is 0 Å². The molecule has 0 saturated carbocycles. The van der Waals surface area contributed by atoms with Crippen molar-refractivity contribution in [2.24, 2.45) is 0 Å². The van der Waals surface area contributed by atoms with E-state index in [0.717, 1.165) is 11.4 Å². The van der Waals surface area contributed by atoms with Gasteiger partial charge in [0.2, 0.25) is 0 Å². The van der Waals surface area contributed by atoms with E-state index in [4.69, 9.17) is 0 Å². The number of para-hydroxylation sites is 2. The largest absolute Gasteiger partial charge is 0.355 e. The van der Waals surface area contributed by atoms with E-state index in [9.17, 15) is 0 Å². The van der Waals surface area contributed by atoms with Crippen molar-refractivity contribution in [3.05, 3.63) is 121 Å². The Morgan fingerprint density at radius 3 is 1.83 bits per heavy atom. The predicted octanol–water partition coefficient (Wildman–Crippen LogP) is 7.92. The fourth-order valence-corrected chi connectivity index (χ4v) is 3.90. The van der Waals surface area contributed by atoms with Gasteiger partial charge in [0.15, 0.2) is 0 Å². The topological polar surface area (TPSA) is 12.0 Å². The number of hydrogen-bond donors (Lipinski definition) is 1. The summed E-state index contributed by atoms with van der Waals surface area (Å²) < 4.78 is 0. The molecule has 0 fully saturated rings. The second-order valence-electron chi connectivity index (χ2n) is 7.11. The molecule has 0 saturated heterocycles. The highest BCUT2D eigenvalue weighted by molar-refractivity contribution is 6.03. The molecule has 0 amide bonds. The first-order chi connectivity index (χ1) is 14.4. The van der Waals surface area contributed by atoms with Gasteiger partial charge in [0, 0.05) is 16.8 Å². The SMILES string of the molecule is c1ccc(Nc2c(-c3ccccc3)cccc2-c2cccc3ccccc23)cc1. The van der Waals surface area contributed by atoms with Gasteiger partial charge < -0.3 is 5.32 Å². The van der Waals surface area contributed by atoms with Crippen molar-refractivity contribution < 1.29 is 0 Å². The van der Waals surface area contributed by atoms with Gasteiger partial charge in [-0.15, -0.1) is 0 Å². The minimum absolute atomic E-state index is 1.08. The van der Waals surface area contributed by atoms with Crippen LogP contribution in [0.15, 0.2) is 121 Å². The molecule has 0 aromatic heterocycles. The lowest BCUT2D eigenvalue weighted by atomic mass is 9.92. The van der Waals surface area contributed by atoms with Crippen molar-refractivity contribution in [1.29, 1.82) is 0 Å². The lowest BCUT2D eigenvalue weighted by molar-refractivity contribution is 1.52. The molecule has 0 atom stereocenters. The zero-order chi connectivity index (χ0) is 19.5. The Bertz CT molecular complexity index is 1250. The molecule has 0 spiro atoms. The smallest absolute Gasteiger partial charge is 0.0543 e. The summed E-state index contributed by atoms with van der Waals surface area (Å²) in [5.41, 5.74) is 7.04. The van der Waals surface area contributed by atoms with Crippen molar-refractivity contribution in [3.8, 4) is 22.3 Å². The lowest BCUT2D eigenvalue weighted by Crippen LogP contribution is -1.97. The van der Waals surface area contributed by atoms with Crippen molar-refractivity contribution in [3.63, 3.8) is 0 Å². The van der Waals surface area contributed by atoms with E-state index in [2.05, 4.69) is 121 Å². The van der Waals surface area contributed by atoms with Gasteiger partial charge in [0.25, 0.3) is 0 Å². The second kappa shape index (κ2) is 7.65. The lowest BCUT2D eigenvalue weighted by Gasteiger charge is -2.18. The van der Waals surface area contributed by atoms with Gasteiger partial charge in [-0.3, -0.25) is 0 Å². The summed E-state index contributed by atoms with van der Waals surface area (Å²) in [7, 11) is 0. The summed E-state index contributed by atoms with van der Waals surface area (Å²) in [5.74, 6) is 0. The molecule has 1 heteroatoms. The predicted molar refractivity (Wildman–Crippen MR) is 125 cm³/mol. The van der Waals surface area contributed by atoms with Gasteiger partial charge in [-0.1, -0.05) is 109 Å². The molecule has 0 radical (unpaired) electrons. The molecule has 0 aliphatic rings. The van der Waals surface area contributed by atoms with Crippen LogP contribution >= 0.6 is 0 Å². The first-order valence-electron chi connectivity index (χ1n) is 9.89. The van der Waals surface area contributed by atoms with E-state index in [1.54, 1.807) is 0 Å². The Kier molecular flexibility index (Phi) is 4.56. The average molecular weight is 371 g/mol. The van der Waals surface area contributed by atoms with Crippen LogP contribution in [0.5, 0.6) is 0 Å². The van der Waals surface area contributed by atoms with Gasteiger partial charge in [-0.2, -0.15) is 0 Å². The van der Waals surface area contributed by atoms with Crippen LogP contribution in [0.1, 0.15) is 0 Å². The molecule has 0 heterocycles. The Morgan fingerprint density at radius 2 is 1.00 bits per heavy atom. The van der Waals surface area contributed by atoms with Gasteiger partial charge in [0.05, 0.1) is 5.69 Å². The molecular weight excluding hydrogens is 350 g/mol. The van der Waals surface area contributed by atoms with Crippen LogP contribution in [0.2, 0.25) is 0 Å². The fourth-order valence-electron chi connectivity index (χ4n) is 3.90. The number of benzene rings is 5. The Balaban J connectivity index is 1.77. The molecule has 1 nitrogen and oxygen atoms in total. The van der Waals surface area contributed by atoms with Crippen LogP contribution in [0.25, 0.3) is 33.0 Å². The van der Waals surface area contributed by atoms with Crippen LogP contribution in [0, 0.1) is 0 Å². The summed E-state index contributed by atoms with van der Waals surface area (Å²) >= 11 is 0. The molecule has 29 heavy (non-hydrogen) atoms. The molecule has 0 aliphatic heterocycles. The van der Waals surface area contributed by atoms with Crippen LogP contribution in [-0.4, -0.2) is 0 Å². The van der Waals surface area contributed by atoms with Crippen molar-refractivity contribution >= 4 is 22.1 Å². The number of fused-ring (bicyclic) bond motifs is 1. The third-order valence-electron chi connectivity index (χ3n) is 5.27. The highest BCUT2D eigenvalue weighted by Crippen LogP contribution is 2.41. The van der Waals surface area contributed by atoms with Gasteiger partial charge >= 0.3 is 0 Å². The third-order valence-corrected chi connectivity index (χ3v) is 5.27. The summed E-state index contributed by atoms with van der Waals surface area (Å²) in [5, 5.41) is 6.21. The Labute approximate surface area is 171 Å². The monoisotopic (exact) mass is 371 g/mol. The van der Waals surface area contributed by atoms with E-state index in [1.807, 2.05) is 6.07 Å². The number of nitrogens with one attached hydrogen (secondary N) is 1. The molecule has 5 rings (SSSR count). The summed E-state index contributed by atoms with van der Waals surface area (Å²) in [6, 6.07) is 42.6. The van der Waals surface area contributed by atoms with E-state index in [0.29, 0.717) is 0 Å². The standard InChI is InChI=1S/C28H21N/c1-3-11-22(12-4-1)25-18-10-20-27(28(25)29-23-15-5-2-6-16-23)26-19-9-14-21-13-7-8-17-24(21)26/h1-20,29H. The maximum absolute atomic E-state index is 3.70. The third kappa shape index (κ3) is 3.39. The van der Waals surface area contributed by atoms with Crippen LogP contribution in [-0.2, 0) is 0 Å². The van der Waals surface area contributed by atoms with Crippen molar-refractivity contribution in [2.45, 2.75) is 0 Å². The summed E-state index contributed by atoms with van der Waals surface area (Å²) in [6.45, 7) is 0. The normalized spacial score (nSPS) is 10.8. The van der Waals surface area contributed by atoms with E-state index >= 15 is 0 Å². The molecule has 1 N–H and O–H groups in total. The molecule has 5 aromatic rings. The molecular formula is C28H21N. The maximum atomic E-state index is 3.70.